The Balaban J connectivity index is 1.82. The standard InChI is InChI=1S/C17H19N5O/c1-4-13-10-16(20-19-13)17(23)18-14-6-5-7-15(9-14)22-12(3)8-11(2)21-22/h5-10H,4H2,1-3H3,(H,18,23)(H,19,20). The molecule has 1 amide bonds. The minimum Gasteiger partial charge on any atom is -0.321 e. The van der Waals surface area contributed by atoms with Crippen LogP contribution in [-0.4, -0.2) is 25.9 Å². The highest BCUT2D eigenvalue weighted by atomic mass is 16.1. The van der Waals surface area contributed by atoms with Gasteiger partial charge in [0, 0.05) is 17.1 Å². The van der Waals surface area contributed by atoms with Crippen LogP contribution in [0.3, 0.4) is 0 Å². The number of hydrogen-bond acceptors (Lipinski definition) is 3. The first-order valence-electron chi connectivity index (χ1n) is 7.56. The first kappa shape index (κ1) is 15.0. The summed E-state index contributed by atoms with van der Waals surface area (Å²) < 4.78 is 1.86. The minimum absolute atomic E-state index is 0.230. The topological polar surface area (TPSA) is 75.6 Å². The third-order valence-corrected chi connectivity index (χ3v) is 3.60. The quantitative estimate of drug-likeness (QED) is 0.778. The monoisotopic (exact) mass is 309 g/mol. The number of benzene rings is 1. The summed E-state index contributed by atoms with van der Waals surface area (Å²) in [5.41, 5.74) is 4.95. The predicted octanol–water partition coefficient (Wildman–Crippen LogP) is 3.03. The van der Waals surface area contributed by atoms with Crippen LogP contribution in [0.25, 0.3) is 5.69 Å². The van der Waals surface area contributed by atoms with E-state index in [1.165, 1.54) is 0 Å². The Morgan fingerprint density at radius 3 is 2.74 bits per heavy atom. The van der Waals surface area contributed by atoms with Crippen molar-refractivity contribution < 1.29 is 4.79 Å². The van der Waals surface area contributed by atoms with Gasteiger partial charge < -0.3 is 5.32 Å². The number of aromatic nitrogens is 4. The van der Waals surface area contributed by atoms with Crippen LogP contribution in [0.15, 0.2) is 36.4 Å². The van der Waals surface area contributed by atoms with Crippen molar-refractivity contribution in [2.45, 2.75) is 27.2 Å². The van der Waals surface area contributed by atoms with Gasteiger partial charge in [-0.3, -0.25) is 9.89 Å². The fraction of sp³-hybridized carbons (Fsp3) is 0.235. The second-order valence-electron chi connectivity index (χ2n) is 5.48. The molecule has 0 aliphatic rings. The van der Waals surface area contributed by atoms with Crippen molar-refractivity contribution in [2.24, 2.45) is 0 Å². The highest BCUT2D eigenvalue weighted by Crippen LogP contribution is 2.17. The smallest absolute Gasteiger partial charge is 0.276 e. The summed E-state index contributed by atoms with van der Waals surface area (Å²) in [5.74, 6) is -0.230. The average Bonchev–Trinajstić information content (AvgIpc) is 3.14. The Morgan fingerprint density at radius 1 is 1.26 bits per heavy atom. The fourth-order valence-electron chi connectivity index (χ4n) is 2.46. The summed E-state index contributed by atoms with van der Waals surface area (Å²) in [6.07, 6.45) is 0.813. The normalized spacial score (nSPS) is 10.7. The van der Waals surface area contributed by atoms with Crippen LogP contribution < -0.4 is 5.32 Å². The van der Waals surface area contributed by atoms with Gasteiger partial charge in [-0.15, -0.1) is 0 Å². The lowest BCUT2D eigenvalue weighted by Gasteiger charge is -2.08. The minimum atomic E-state index is -0.230. The van der Waals surface area contributed by atoms with E-state index in [4.69, 9.17) is 0 Å². The summed E-state index contributed by atoms with van der Waals surface area (Å²) in [6.45, 7) is 5.96. The lowest BCUT2D eigenvalue weighted by molar-refractivity contribution is 0.102. The van der Waals surface area contributed by atoms with E-state index >= 15 is 0 Å². The number of rotatable bonds is 4. The largest absolute Gasteiger partial charge is 0.321 e. The Morgan fingerprint density at radius 2 is 2.09 bits per heavy atom. The molecule has 118 valence electrons. The molecule has 6 nitrogen and oxygen atoms in total. The number of amides is 1. The summed E-state index contributed by atoms with van der Waals surface area (Å²) in [7, 11) is 0. The lowest BCUT2D eigenvalue weighted by atomic mass is 10.2. The first-order chi connectivity index (χ1) is 11.1. The van der Waals surface area contributed by atoms with E-state index in [0.717, 1.165) is 29.2 Å². The summed E-state index contributed by atoms with van der Waals surface area (Å²) in [4.78, 5) is 12.2. The number of H-pyrrole nitrogens is 1. The van der Waals surface area contributed by atoms with Gasteiger partial charge in [-0.2, -0.15) is 10.2 Å². The first-order valence-corrected chi connectivity index (χ1v) is 7.56. The molecule has 0 saturated heterocycles. The van der Waals surface area contributed by atoms with Crippen LogP contribution >= 0.6 is 0 Å². The van der Waals surface area contributed by atoms with Crippen molar-refractivity contribution in [3.8, 4) is 5.69 Å². The number of nitrogens with one attached hydrogen (secondary N) is 2. The van der Waals surface area contributed by atoms with Crippen molar-refractivity contribution in [1.29, 1.82) is 0 Å². The molecule has 2 heterocycles. The second-order valence-corrected chi connectivity index (χ2v) is 5.48. The Bertz CT molecular complexity index is 846. The van der Waals surface area contributed by atoms with Crippen LogP contribution in [0.2, 0.25) is 0 Å². The van der Waals surface area contributed by atoms with Crippen molar-refractivity contribution in [2.75, 3.05) is 5.32 Å². The van der Waals surface area contributed by atoms with E-state index in [1.807, 2.05) is 55.8 Å². The Kier molecular flexibility index (Phi) is 3.97. The Hall–Kier alpha value is -2.89. The average molecular weight is 309 g/mol. The molecule has 2 N–H and O–H groups in total. The number of nitrogens with zero attached hydrogens (tertiary/aromatic N) is 3. The Labute approximate surface area is 134 Å². The van der Waals surface area contributed by atoms with E-state index in [-0.39, 0.29) is 5.91 Å². The van der Waals surface area contributed by atoms with Crippen molar-refractivity contribution in [3.05, 3.63) is 59.2 Å². The molecule has 3 rings (SSSR count). The molecule has 3 aromatic rings. The number of carbonyl (C=O) groups excluding carboxylic acids is 1. The molecule has 0 aliphatic carbocycles. The van der Waals surface area contributed by atoms with Gasteiger partial charge in [0.25, 0.3) is 5.91 Å². The SMILES string of the molecule is CCc1cc(C(=O)Nc2cccc(-n3nc(C)cc3C)c2)n[nH]1. The van der Waals surface area contributed by atoms with Crippen molar-refractivity contribution in [3.63, 3.8) is 0 Å². The van der Waals surface area contributed by atoms with E-state index in [0.29, 0.717) is 11.4 Å². The number of hydrogen-bond donors (Lipinski definition) is 2. The molecule has 0 bridgehead atoms. The molecule has 0 spiro atoms. The predicted molar refractivity (Wildman–Crippen MR) is 89.0 cm³/mol. The fourth-order valence-corrected chi connectivity index (χ4v) is 2.46. The molecule has 0 fully saturated rings. The summed E-state index contributed by atoms with van der Waals surface area (Å²) in [6, 6.07) is 11.4. The number of aromatic amines is 1. The lowest BCUT2D eigenvalue weighted by Crippen LogP contribution is -2.12. The molecule has 0 saturated carbocycles. The third-order valence-electron chi connectivity index (χ3n) is 3.60. The van der Waals surface area contributed by atoms with Gasteiger partial charge >= 0.3 is 0 Å². The van der Waals surface area contributed by atoms with Crippen LogP contribution in [-0.2, 0) is 6.42 Å². The summed E-state index contributed by atoms with van der Waals surface area (Å²) >= 11 is 0. The maximum Gasteiger partial charge on any atom is 0.276 e. The van der Waals surface area contributed by atoms with Crippen molar-refractivity contribution in [1.82, 2.24) is 20.0 Å². The van der Waals surface area contributed by atoms with Crippen LogP contribution in [0.4, 0.5) is 5.69 Å². The zero-order chi connectivity index (χ0) is 16.4. The van der Waals surface area contributed by atoms with E-state index in [1.54, 1.807) is 6.07 Å². The molecule has 2 aromatic heterocycles. The van der Waals surface area contributed by atoms with Gasteiger partial charge in [0.2, 0.25) is 0 Å². The molecule has 23 heavy (non-hydrogen) atoms. The highest BCUT2D eigenvalue weighted by Gasteiger charge is 2.11. The van der Waals surface area contributed by atoms with Gasteiger partial charge in [-0.25, -0.2) is 4.68 Å². The van der Waals surface area contributed by atoms with Gasteiger partial charge in [-0.1, -0.05) is 13.0 Å². The molecule has 0 atom stereocenters. The van der Waals surface area contributed by atoms with Gasteiger partial charge in [-0.05, 0) is 50.6 Å². The molecular formula is C17H19N5O. The number of aryl methyl sites for hydroxylation is 3. The van der Waals surface area contributed by atoms with E-state index in [2.05, 4.69) is 20.6 Å². The van der Waals surface area contributed by atoms with Gasteiger partial charge in [0.15, 0.2) is 5.69 Å². The molecule has 1 aromatic carbocycles. The van der Waals surface area contributed by atoms with Crippen LogP contribution in [0.5, 0.6) is 0 Å². The molecule has 6 heteroatoms. The zero-order valence-electron chi connectivity index (χ0n) is 13.4. The van der Waals surface area contributed by atoms with E-state index in [9.17, 15) is 4.79 Å². The van der Waals surface area contributed by atoms with Crippen molar-refractivity contribution >= 4 is 11.6 Å². The zero-order valence-corrected chi connectivity index (χ0v) is 13.4. The molecule has 0 unspecified atom stereocenters. The second kappa shape index (κ2) is 6.08. The third kappa shape index (κ3) is 3.15. The summed E-state index contributed by atoms with van der Waals surface area (Å²) in [5, 5.41) is 14.2. The van der Waals surface area contributed by atoms with Crippen LogP contribution in [0, 0.1) is 13.8 Å². The van der Waals surface area contributed by atoms with Gasteiger partial charge in [0.1, 0.15) is 0 Å². The highest BCUT2D eigenvalue weighted by molar-refractivity contribution is 6.03. The molecular weight excluding hydrogens is 290 g/mol. The van der Waals surface area contributed by atoms with Crippen LogP contribution in [0.1, 0.15) is 34.5 Å². The maximum atomic E-state index is 12.2. The van der Waals surface area contributed by atoms with Gasteiger partial charge in [0.05, 0.1) is 11.4 Å². The number of carbonyl (C=O) groups is 1. The molecule has 0 radical (unpaired) electrons. The number of anilines is 1. The van der Waals surface area contributed by atoms with E-state index < -0.39 is 0 Å². The molecule has 0 aliphatic heterocycles. The maximum absolute atomic E-state index is 12.2.